The highest BCUT2D eigenvalue weighted by molar-refractivity contribution is 7.12. The molecule has 0 bridgehead atoms. The maximum atomic E-state index is 10.1. The molecular formula is C4H4N4O2S. The minimum absolute atomic E-state index is 0.178. The summed E-state index contributed by atoms with van der Waals surface area (Å²) in [5.41, 5.74) is 5.04. The number of aromatic nitrogens is 1. The third-order valence-corrected chi connectivity index (χ3v) is 1.77. The second kappa shape index (κ2) is 2.62. The van der Waals surface area contributed by atoms with E-state index in [9.17, 15) is 10.1 Å². The molecule has 58 valence electrons. The molecule has 0 aromatic carbocycles. The molecule has 0 amide bonds. The average molecular weight is 172 g/mol. The third kappa shape index (κ3) is 1.49. The van der Waals surface area contributed by atoms with E-state index in [0.29, 0.717) is 0 Å². The van der Waals surface area contributed by atoms with E-state index in [-0.39, 0.29) is 16.7 Å². The molecule has 0 saturated carbocycles. The molecule has 11 heavy (non-hydrogen) atoms. The van der Waals surface area contributed by atoms with Crippen LogP contribution in [0.25, 0.3) is 0 Å². The van der Waals surface area contributed by atoms with Crippen molar-refractivity contribution < 1.29 is 4.92 Å². The summed E-state index contributed by atoms with van der Waals surface area (Å²) in [6.45, 7) is 0. The average Bonchev–Trinajstić information content (AvgIpc) is 2.33. The number of nitrogens with two attached hydrogens (primary N) is 1. The summed E-state index contributed by atoms with van der Waals surface area (Å²) in [7, 11) is 0. The van der Waals surface area contributed by atoms with Gasteiger partial charge in [0.2, 0.25) is 0 Å². The monoisotopic (exact) mass is 172 g/mol. The number of thiazole rings is 1. The second-order valence-corrected chi connectivity index (χ2v) is 2.54. The van der Waals surface area contributed by atoms with Crippen LogP contribution >= 0.6 is 11.3 Å². The number of nitrogens with zero attached hydrogens (tertiary/aromatic N) is 2. The minimum Gasteiger partial charge on any atom is -0.380 e. The fourth-order valence-corrected chi connectivity index (χ4v) is 1.10. The standard InChI is InChI=1S/C4H4N4O2S/c5-3(6)4-7-2(1-11-4)8(9)10/h1H,(H3,5,6). The Labute approximate surface area is 65.3 Å². The molecule has 1 aromatic heterocycles. The van der Waals surface area contributed by atoms with Gasteiger partial charge in [0.1, 0.15) is 0 Å². The normalized spacial score (nSPS) is 9.45. The Hall–Kier alpha value is -1.50. The molecule has 0 unspecified atom stereocenters. The summed E-state index contributed by atoms with van der Waals surface area (Å²) in [6, 6.07) is 0. The highest BCUT2D eigenvalue weighted by Crippen LogP contribution is 2.14. The molecule has 1 aromatic rings. The summed E-state index contributed by atoms with van der Waals surface area (Å²) in [5.74, 6) is -0.511. The van der Waals surface area contributed by atoms with E-state index in [1.807, 2.05) is 0 Å². The van der Waals surface area contributed by atoms with Crippen molar-refractivity contribution in [3.05, 3.63) is 20.5 Å². The van der Waals surface area contributed by atoms with Crippen LogP contribution in [0.4, 0.5) is 5.82 Å². The molecule has 0 aliphatic carbocycles. The molecule has 1 heterocycles. The van der Waals surface area contributed by atoms with Gasteiger partial charge in [-0.3, -0.25) is 5.41 Å². The van der Waals surface area contributed by atoms with Crippen LogP contribution in [0.5, 0.6) is 0 Å². The Morgan fingerprint density at radius 3 is 2.82 bits per heavy atom. The van der Waals surface area contributed by atoms with Crippen molar-refractivity contribution in [2.45, 2.75) is 0 Å². The topological polar surface area (TPSA) is 106 Å². The van der Waals surface area contributed by atoms with Gasteiger partial charge >= 0.3 is 5.82 Å². The van der Waals surface area contributed by atoms with Crippen molar-refractivity contribution in [2.75, 3.05) is 0 Å². The predicted molar refractivity (Wildman–Crippen MR) is 39.8 cm³/mol. The molecule has 0 atom stereocenters. The van der Waals surface area contributed by atoms with E-state index in [0.717, 1.165) is 11.3 Å². The van der Waals surface area contributed by atoms with Gasteiger partial charge in [-0.05, 0) is 9.91 Å². The first-order valence-electron chi connectivity index (χ1n) is 2.55. The lowest BCUT2D eigenvalue weighted by Crippen LogP contribution is -2.10. The van der Waals surface area contributed by atoms with Crippen LogP contribution < -0.4 is 5.73 Å². The zero-order chi connectivity index (χ0) is 8.43. The molecule has 0 spiro atoms. The Kier molecular flexibility index (Phi) is 1.81. The van der Waals surface area contributed by atoms with Crippen molar-refractivity contribution in [1.82, 2.24) is 4.98 Å². The first-order valence-corrected chi connectivity index (χ1v) is 3.43. The number of nitrogen functional groups attached to an aromatic ring is 1. The number of nitro groups is 1. The SMILES string of the molecule is N=C(N)c1nc([N+](=O)[O-])cs1. The maximum absolute atomic E-state index is 10.1. The summed E-state index contributed by atoms with van der Waals surface area (Å²) in [5, 5.41) is 18.4. The van der Waals surface area contributed by atoms with Crippen molar-refractivity contribution in [3.63, 3.8) is 0 Å². The van der Waals surface area contributed by atoms with E-state index < -0.39 is 4.92 Å². The highest BCUT2D eigenvalue weighted by atomic mass is 32.1. The van der Waals surface area contributed by atoms with Gasteiger partial charge in [-0.1, -0.05) is 11.3 Å². The van der Waals surface area contributed by atoms with Gasteiger partial charge in [0.05, 0.1) is 5.38 Å². The highest BCUT2D eigenvalue weighted by Gasteiger charge is 2.14. The lowest BCUT2D eigenvalue weighted by molar-refractivity contribution is -0.389. The maximum Gasteiger partial charge on any atom is 0.375 e. The number of rotatable bonds is 2. The molecule has 0 radical (unpaired) electrons. The summed E-state index contributed by atoms with van der Waals surface area (Å²) < 4.78 is 0. The number of nitrogens with one attached hydrogen (secondary N) is 1. The second-order valence-electron chi connectivity index (χ2n) is 1.68. The fraction of sp³-hybridized carbons (Fsp3) is 0. The Morgan fingerprint density at radius 1 is 1.91 bits per heavy atom. The largest absolute Gasteiger partial charge is 0.380 e. The molecule has 0 aliphatic heterocycles. The van der Waals surface area contributed by atoms with E-state index in [2.05, 4.69) is 4.98 Å². The summed E-state index contributed by atoms with van der Waals surface area (Å²) in [4.78, 5) is 12.9. The van der Waals surface area contributed by atoms with Gasteiger partial charge in [0, 0.05) is 0 Å². The van der Waals surface area contributed by atoms with Crippen LogP contribution in [-0.4, -0.2) is 15.7 Å². The van der Waals surface area contributed by atoms with Crippen molar-refractivity contribution in [3.8, 4) is 0 Å². The zero-order valence-corrected chi connectivity index (χ0v) is 6.09. The van der Waals surface area contributed by atoms with Crippen molar-refractivity contribution >= 4 is 23.0 Å². The zero-order valence-electron chi connectivity index (χ0n) is 5.27. The van der Waals surface area contributed by atoms with E-state index in [1.165, 1.54) is 5.38 Å². The van der Waals surface area contributed by atoms with Gasteiger partial charge in [-0.15, -0.1) is 0 Å². The quantitative estimate of drug-likeness (QED) is 0.290. The third-order valence-electron chi connectivity index (χ3n) is 0.910. The van der Waals surface area contributed by atoms with Crippen LogP contribution in [0.15, 0.2) is 5.38 Å². The first kappa shape index (κ1) is 7.61. The van der Waals surface area contributed by atoms with Crippen LogP contribution in [0, 0.1) is 15.5 Å². The minimum atomic E-state index is -0.622. The fourth-order valence-electron chi connectivity index (χ4n) is 0.473. The molecule has 6 nitrogen and oxygen atoms in total. The lowest BCUT2D eigenvalue weighted by Gasteiger charge is -1.82. The predicted octanol–water partition coefficient (Wildman–Crippen LogP) is 0.335. The van der Waals surface area contributed by atoms with Gasteiger partial charge in [-0.25, -0.2) is 0 Å². The Morgan fingerprint density at radius 2 is 2.55 bits per heavy atom. The van der Waals surface area contributed by atoms with Crippen LogP contribution in [-0.2, 0) is 0 Å². The van der Waals surface area contributed by atoms with Gasteiger partial charge in [0.15, 0.2) is 5.84 Å². The summed E-state index contributed by atoms with van der Waals surface area (Å²) in [6.07, 6.45) is 0. The van der Waals surface area contributed by atoms with E-state index in [1.54, 1.807) is 0 Å². The number of hydrogen-bond donors (Lipinski definition) is 2. The van der Waals surface area contributed by atoms with Crippen molar-refractivity contribution in [2.24, 2.45) is 5.73 Å². The lowest BCUT2D eigenvalue weighted by atomic mass is 10.6. The number of amidine groups is 1. The number of hydrogen-bond acceptors (Lipinski definition) is 5. The smallest absolute Gasteiger partial charge is 0.375 e. The van der Waals surface area contributed by atoms with E-state index >= 15 is 0 Å². The Balaban J connectivity index is 2.99. The molecule has 7 heteroatoms. The molecule has 0 fully saturated rings. The summed E-state index contributed by atoms with van der Waals surface area (Å²) >= 11 is 0.984. The molecule has 3 N–H and O–H groups in total. The Bertz CT molecular complexity index is 278. The van der Waals surface area contributed by atoms with Crippen LogP contribution in [0.1, 0.15) is 5.01 Å². The first-order chi connectivity index (χ1) is 5.11. The van der Waals surface area contributed by atoms with Gasteiger partial charge < -0.3 is 15.8 Å². The molecule has 1 rings (SSSR count). The van der Waals surface area contributed by atoms with Gasteiger partial charge in [-0.2, -0.15) is 0 Å². The van der Waals surface area contributed by atoms with E-state index in [4.69, 9.17) is 11.1 Å². The molecular weight excluding hydrogens is 168 g/mol. The van der Waals surface area contributed by atoms with Crippen LogP contribution in [0.3, 0.4) is 0 Å². The van der Waals surface area contributed by atoms with Gasteiger partial charge in [0.25, 0.3) is 5.01 Å². The van der Waals surface area contributed by atoms with Crippen molar-refractivity contribution in [1.29, 1.82) is 5.41 Å². The molecule has 0 saturated heterocycles. The molecule has 0 aliphatic rings. The van der Waals surface area contributed by atoms with Crippen LogP contribution in [0.2, 0.25) is 0 Å².